The Bertz CT molecular complexity index is 577. The Hall–Kier alpha value is -0.920. The van der Waals surface area contributed by atoms with Gasteiger partial charge in [-0.2, -0.15) is 4.31 Å². The van der Waals surface area contributed by atoms with Crippen molar-refractivity contribution < 1.29 is 13.2 Å². The lowest BCUT2D eigenvalue weighted by Crippen LogP contribution is -2.48. The summed E-state index contributed by atoms with van der Waals surface area (Å²) >= 11 is 3.30. The van der Waals surface area contributed by atoms with Gasteiger partial charge in [0, 0.05) is 15.7 Å². The molecule has 1 amide bonds. The van der Waals surface area contributed by atoms with E-state index in [4.69, 9.17) is 0 Å². The summed E-state index contributed by atoms with van der Waals surface area (Å²) in [6, 6.07) is 7.08. The Morgan fingerprint density at radius 1 is 1.25 bits per heavy atom. The molecule has 112 valence electrons. The topological polar surface area (TPSA) is 66.5 Å². The van der Waals surface area contributed by atoms with Gasteiger partial charge in [0.1, 0.15) is 0 Å². The number of nitrogens with zero attached hydrogens (tertiary/aromatic N) is 1. The van der Waals surface area contributed by atoms with Crippen molar-refractivity contribution in [2.45, 2.75) is 26.3 Å². The zero-order valence-corrected chi connectivity index (χ0v) is 14.4. The molecule has 20 heavy (non-hydrogen) atoms. The van der Waals surface area contributed by atoms with Crippen molar-refractivity contribution in [1.82, 2.24) is 4.31 Å². The number of anilines is 1. The molecular weight excluding hydrogens is 344 g/mol. The molecule has 7 heteroatoms. The Labute approximate surface area is 128 Å². The number of rotatable bonds is 4. The Morgan fingerprint density at radius 2 is 1.75 bits per heavy atom. The van der Waals surface area contributed by atoms with Gasteiger partial charge in [-0.15, -0.1) is 0 Å². The first-order chi connectivity index (χ1) is 9.00. The largest absolute Gasteiger partial charge is 0.325 e. The number of hydrogen-bond acceptors (Lipinski definition) is 3. The maximum absolute atomic E-state index is 12.0. The van der Waals surface area contributed by atoms with Crippen LogP contribution in [0.25, 0.3) is 0 Å². The quantitative estimate of drug-likeness (QED) is 0.894. The number of hydrogen-bond donors (Lipinski definition) is 1. The van der Waals surface area contributed by atoms with Gasteiger partial charge in [0.2, 0.25) is 15.9 Å². The molecule has 0 saturated heterocycles. The summed E-state index contributed by atoms with van der Waals surface area (Å²) in [6.07, 6.45) is 1.10. The number of amides is 1. The molecule has 0 heterocycles. The van der Waals surface area contributed by atoms with Gasteiger partial charge in [0.25, 0.3) is 0 Å². The van der Waals surface area contributed by atoms with Crippen molar-refractivity contribution in [1.29, 1.82) is 0 Å². The molecule has 0 radical (unpaired) electrons. The average Bonchev–Trinajstić information content (AvgIpc) is 2.26. The Kier molecular flexibility index (Phi) is 5.34. The average molecular weight is 363 g/mol. The van der Waals surface area contributed by atoms with Gasteiger partial charge in [-0.05, 0) is 45.0 Å². The van der Waals surface area contributed by atoms with E-state index in [0.29, 0.717) is 5.69 Å². The van der Waals surface area contributed by atoms with Crippen LogP contribution in [0.4, 0.5) is 5.69 Å². The fraction of sp³-hybridized carbons (Fsp3) is 0.462. The van der Waals surface area contributed by atoms with Crippen LogP contribution in [0.3, 0.4) is 0 Å². The summed E-state index contributed by atoms with van der Waals surface area (Å²) in [5, 5.41) is 2.68. The molecule has 0 fully saturated rings. The Balaban J connectivity index is 2.80. The van der Waals surface area contributed by atoms with E-state index in [0.717, 1.165) is 10.7 Å². The second-order valence-electron chi connectivity index (χ2n) is 5.50. The van der Waals surface area contributed by atoms with E-state index in [1.807, 2.05) is 0 Å². The molecule has 0 aliphatic carbocycles. The molecule has 1 rings (SSSR count). The van der Waals surface area contributed by atoms with Crippen LogP contribution in [0.1, 0.15) is 20.8 Å². The third kappa shape index (κ3) is 5.22. The number of sulfonamides is 1. The minimum atomic E-state index is -3.45. The molecule has 0 aromatic heterocycles. The number of nitrogens with one attached hydrogen (secondary N) is 1. The van der Waals surface area contributed by atoms with Crippen LogP contribution in [0.2, 0.25) is 0 Å². The lowest BCUT2D eigenvalue weighted by Gasteiger charge is -2.32. The minimum absolute atomic E-state index is 0.210. The van der Waals surface area contributed by atoms with E-state index in [2.05, 4.69) is 21.2 Å². The molecule has 0 aliphatic heterocycles. The van der Waals surface area contributed by atoms with Gasteiger partial charge >= 0.3 is 0 Å². The summed E-state index contributed by atoms with van der Waals surface area (Å²) in [5.74, 6) is -0.368. The molecule has 0 spiro atoms. The molecule has 1 aromatic carbocycles. The normalized spacial score (nSPS) is 12.5. The van der Waals surface area contributed by atoms with E-state index in [1.54, 1.807) is 45.0 Å². The van der Waals surface area contributed by atoms with Crippen molar-refractivity contribution in [2.75, 3.05) is 18.1 Å². The van der Waals surface area contributed by atoms with E-state index < -0.39 is 15.6 Å². The number of benzene rings is 1. The van der Waals surface area contributed by atoms with Crippen LogP contribution >= 0.6 is 15.9 Å². The maximum atomic E-state index is 12.0. The van der Waals surface area contributed by atoms with Gasteiger partial charge in [-0.25, -0.2) is 8.42 Å². The van der Waals surface area contributed by atoms with Gasteiger partial charge < -0.3 is 5.32 Å². The number of halogens is 1. The molecule has 0 atom stereocenters. The van der Waals surface area contributed by atoms with Crippen molar-refractivity contribution >= 4 is 37.5 Å². The Morgan fingerprint density at radius 3 is 2.15 bits per heavy atom. The van der Waals surface area contributed by atoms with Crippen molar-refractivity contribution in [3.05, 3.63) is 28.7 Å². The predicted molar refractivity (Wildman–Crippen MR) is 84.1 cm³/mol. The monoisotopic (exact) mass is 362 g/mol. The second-order valence-corrected chi connectivity index (χ2v) is 8.32. The summed E-state index contributed by atoms with van der Waals surface area (Å²) in [5.41, 5.74) is -0.0227. The molecule has 1 aromatic rings. The summed E-state index contributed by atoms with van der Waals surface area (Å²) in [4.78, 5) is 12.0. The highest BCUT2D eigenvalue weighted by atomic mass is 79.9. The minimum Gasteiger partial charge on any atom is -0.325 e. The van der Waals surface area contributed by atoms with Crippen LogP contribution in [0.15, 0.2) is 28.7 Å². The summed E-state index contributed by atoms with van der Waals surface area (Å²) < 4.78 is 25.6. The molecule has 0 bridgehead atoms. The lowest BCUT2D eigenvalue weighted by atomic mass is 10.1. The molecule has 5 nitrogen and oxygen atoms in total. The second kappa shape index (κ2) is 6.24. The van der Waals surface area contributed by atoms with Gasteiger partial charge in [0.15, 0.2) is 0 Å². The lowest BCUT2D eigenvalue weighted by molar-refractivity contribution is -0.117. The highest BCUT2D eigenvalue weighted by Gasteiger charge is 2.31. The number of carbonyl (C=O) groups is 1. The maximum Gasteiger partial charge on any atom is 0.239 e. The fourth-order valence-electron chi connectivity index (χ4n) is 1.72. The highest BCUT2D eigenvalue weighted by Crippen LogP contribution is 2.18. The standard InChI is InChI=1S/C13H19BrN2O3S/c1-13(2,3)16(20(4,18)19)9-12(17)15-11-7-5-10(14)6-8-11/h5-8H,9H2,1-4H3,(H,15,17). The smallest absolute Gasteiger partial charge is 0.239 e. The third-order valence-electron chi connectivity index (χ3n) is 2.56. The van der Waals surface area contributed by atoms with Crippen molar-refractivity contribution in [3.63, 3.8) is 0 Å². The first-order valence-corrected chi connectivity index (χ1v) is 8.67. The van der Waals surface area contributed by atoms with E-state index in [9.17, 15) is 13.2 Å². The van der Waals surface area contributed by atoms with Gasteiger partial charge in [-0.1, -0.05) is 15.9 Å². The number of carbonyl (C=O) groups excluding carboxylic acids is 1. The van der Waals surface area contributed by atoms with Crippen LogP contribution in [0.5, 0.6) is 0 Å². The molecule has 0 unspecified atom stereocenters. The van der Waals surface area contributed by atoms with Crippen LogP contribution in [0, 0.1) is 0 Å². The highest BCUT2D eigenvalue weighted by molar-refractivity contribution is 9.10. The first kappa shape index (κ1) is 17.1. The molecule has 0 aliphatic rings. The first-order valence-electron chi connectivity index (χ1n) is 6.03. The fourth-order valence-corrected chi connectivity index (χ4v) is 3.33. The predicted octanol–water partition coefficient (Wildman–Crippen LogP) is 2.45. The zero-order valence-electron chi connectivity index (χ0n) is 12.0. The summed E-state index contributed by atoms with van der Waals surface area (Å²) in [7, 11) is -3.45. The van der Waals surface area contributed by atoms with Crippen LogP contribution in [-0.4, -0.2) is 37.0 Å². The molecule has 0 saturated carbocycles. The molecular formula is C13H19BrN2O3S. The van der Waals surface area contributed by atoms with Gasteiger partial charge in [0.05, 0.1) is 12.8 Å². The van der Waals surface area contributed by atoms with Crippen molar-refractivity contribution in [2.24, 2.45) is 0 Å². The van der Waals surface area contributed by atoms with E-state index in [-0.39, 0.29) is 12.5 Å². The summed E-state index contributed by atoms with van der Waals surface area (Å²) in [6.45, 7) is 5.04. The van der Waals surface area contributed by atoms with E-state index in [1.165, 1.54) is 4.31 Å². The van der Waals surface area contributed by atoms with Gasteiger partial charge in [-0.3, -0.25) is 4.79 Å². The SMILES string of the molecule is CC(C)(C)N(CC(=O)Nc1ccc(Br)cc1)S(C)(=O)=O. The third-order valence-corrected chi connectivity index (χ3v) is 4.57. The van der Waals surface area contributed by atoms with Crippen molar-refractivity contribution in [3.8, 4) is 0 Å². The molecule has 1 N–H and O–H groups in total. The van der Waals surface area contributed by atoms with Crippen LogP contribution in [-0.2, 0) is 14.8 Å². The zero-order chi connectivity index (χ0) is 15.6. The van der Waals surface area contributed by atoms with E-state index >= 15 is 0 Å². The van der Waals surface area contributed by atoms with Crippen LogP contribution < -0.4 is 5.32 Å².